The first-order chi connectivity index (χ1) is 12.8. The Morgan fingerprint density at radius 1 is 1.27 bits per heavy atom. The smallest absolute Gasteiger partial charge is 0.253 e. The molecule has 2 saturated heterocycles. The molecule has 2 aliphatic rings. The average Bonchev–Trinajstić information content (AvgIpc) is 3.40. The molecule has 4 rings (SSSR count). The number of morpholine rings is 1. The molecule has 6 nitrogen and oxygen atoms in total. The number of carbonyl (C=O) groups is 1. The molecule has 0 saturated carbocycles. The lowest BCUT2D eigenvalue weighted by Gasteiger charge is -2.43. The van der Waals surface area contributed by atoms with Crippen molar-refractivity contribution in [2.75, 3.05) is 44.4 Å². The fraction of sp³-hybridized carbons (Fsp3) is 0.474. The topological polar surface area (TPSA) is 59.4 Å². The lowest BCUT2D eigenvalue weighted by molar-refractivity contribution is -0.0129. The van der Waals surface area contributed by atoms with E-state index in [1.807, 2.05) is 48.3 Å². The number of aromatic nitrogens is 2. The van der Waals surface area contributed by atoms with Crippen LogP contribution in [0.5, 0.6) is 0 Å². The van der Waals surface area contributed by atoms with Crippen LogP contribution in [0.4, 0.5) is 0 Å². The van der Waals surface area contributed by atoms with E-state index in [4.69, 9.17) is 4.74 Å². The Labute approximate surface area is 157 Å². The van der Waals surface area contributed by atoms with Gasteiger partial charge in [0.05, 0.1) is 24.5 Å². The van der Waals surface area contributed by atoms with Crippen LogP contribution in [0.1, 0.15) is 16.8 Å². The molecule has 0 radical (unpaired) electrons. The maximum Gasteiger partial charge on any atom is 0.253 e. The zero-order valence-electron chi connectivity index (χ0n) is 14.8. The van der Waals surface area contributed by atoms with Crippen LogP contribution in [0.15, 0.2) is 42.7 Å². The molecule has 138 valence electrons. The quantitative estimate of drug-likeness (QED) is 0.867. The van der Waals surface area contributed by atoms with E-state index in [0.717, 1.165) is 49.9 Å². The van der Waals surface area contributed by atoms with Crippen LogP contribution in [-0.4, -0.2) is 70.5 Å². The molecule has 3 heterocycles. The van der Waals surface area contributed by atoms with Crippen molar-refractivity contribution in [3.05, 3.63) is 48.3 Å². The highest BCUT2D eigenvalue weighted by atomic mass is 32.2. The second-order valence-electron chi connectivity index (χ2n) is 6.78. The molecule has 1 aromatic carbocycles. The SMILES string of the molecule is O=C(NCC1(N2CCOCC2)CCSC1)c1ccccc1-n1cccn1. The highest BCUT2D eigenvalue weighted by molar-refractivity contribution is 7.99. The van der Waals surface area contributed by atoms with Gasteiger partial charge in [-0.15, -0.1) is 0 Å². The van der Waals surface area contributed by atoms with E-state index in [2.05, 4.69) is 15.3 Å². The van der Waals surface area contributed by atoms with Crippen LogP contribution in [0.3, 0.4) is 0 Å². The summed E-state index contributed by atoms with van der Waals surface area (Å²) in [5.74, 6) is 2.17. The summed E-state index contributed by atoms with van der Waals surface area (Å²) >= 11 is 1.98. The van der Waals surface area contributed by atoms with Gasteiger partial charge in [0.2, 0.25) is 0 Å². The van der Waals surface area contributed by atoms with E-state index in [1.165, 1.54) is 0 Å². The van der Waals surface area contributed by atoms with Crippen molar-refractivity contribution in [1.82, 2.24) is 20.0 Å². The van der Waals surface area contributed by atoms with Gasteiger partial charge in [-0.25, -0.2) is 4.68 Å². The molecule has 2 fully saturated rings. The number of carbonyl (C=O) groups excluding carboxylic acids is 1. The highest BCUT2D eigenvalue weighted by Gasteiger charge is 2.41. The van der Waals surface area contributed by atoms with E-state index >= 15 is 0 Å². The van der Waals surface area contributed by atoms with Crippen molar-refractivity contribution in [3.63, 3.8) is 0 Å². The molecule has 1 atom stereocenters. The summed E-state index contributed by atoms with van der Waals surface area (Å²) in [4.78, 5) is 15.5. The molecule has 0 bridgehead atoms. The lowest BCUT2D eigenvalue weighted by Crippen LogP contribution is -2.59. The Kier molecular flexibility index (Phi) is 5.28. The molecule has 0 aliphatic carbocycles. The third kappa shape index (κ3) is 3.51. The Morgan fingerprint density at radius 3 is 2.85 bits per heavy atom. The standard InChI is InChI=1S/C19H24N4O2S/c24-18(16-4-1-2-5-17(16)23-8-3-7-21-23)20-14-19(6-13-26-15-19)22-9-11-25-12-10-22/h1-5,7-8H,6,9-15H2,(H,20,24). The molecule has 2 aliphatic heterocycles. The van der Waals surface area contributed by atoms with Crippen molar-refractivity contribution in [3.8, 4) is 5.69 Å². The van der Waals surface area contributed by atoms with Gasteiger partial charge in [0.15, 0.2) is 0 Å². The molecular weight excluding hydrogens is 348 g/mol. The minimum absolute atomic E-state index is 0.0411. The Hall–Kier alpha value is -1.83. The first-order valence-electron chi connectivity index (χ1n) is 9.06. The second-order valence-corrected chi connectivity index (χ2v) is 7.88. The van der Waals surface area contributed by atoms with Gasteiger partial charge in [-0.2, -0.15) is 16.9 Å². The summed E-state index contributed by atoms with van der Waals surface area (Å²) in [7, 11) is 0. The molecule has 7 heteroatoms. The monoisotopic (exact) mass is 372 g/mol. The molecule has 26 heavy (non-hydrogen) atoms. The number of para-hydroxylation sites is 1. The van der Waals surface area contributed by atoms with Gasteiger partial charge in [0.1, 0.15) is 0 Å². The Bertz CT molecular complexity index is 738. The normalized spacial score (nSPS) is 23.8. The van der Waals surface area contributed by atoms with Gasteiger partial charge in [0.25, 0.3) is 5.91 Å². The summed E-state index contributed by atoms with van der Waals surface area (Å²) in [6.07, 6.45) is 4.69. The second kappa shape index (κ2) is 7.82. The number of benzene rings is 1. The fourth-order valence-corrected chi connectivity index (χ4v) is 5.23. The van der Waals surface area contributed by atoms with Crippen molar-refractivity contribution >= 4 is 17.7 Å². The summed E-state index contributed by atoms with van der Waals surface area (Å²) < 4.78 is 7.24. The predicted octanol–water partition coefficient (Wildman–Crippen LogP) is 1.81. The van der Waals surface area contributed by atoms with Crippen LogP contribution in [-0.2, 0) is 4.74 Å². The number of amides is 1. The van der Waals surface area contributed by atoms with Crippen LogP contribution < -0.4 is 5.32 Å². The first kappa shape index (κ1) is 17.6. The number of nitrogens with zero attached hydrogens (tertiary/aromatic N) is 3. The van der Waals surface area contributed by atoms with Crippen molar-refractivity contribution < 1.29 is 9.53 Å². The number of rotatable bonds is 5. The molecule has 1 aromatic heterocycles. The van der Waals surface area contributed by atoms with Crippen molar-refractivity contribution in [2.45, 2.75) is 12.0 Å². The Morgan fingerprint density at radius 2 is 2.12 bits per heavy atom. The third-order valence-electron chi connectivity index (χ3n) is 5.24. The zero-order valence-corrected chi connectivity index (χ0v) is 15.6. The van der Waals surface area contributed by atoms with Crippen LogP contribution in [0.2, 0.25) is 0 Å². The van der Waals surface area contributed by atoms with Gasteiger partial charge in [0, 0.05) is 43.3 Å². The summed E-state index contributed by atoms with van der Waals surface area (Å²) in [6.45, 7) is 4.12. The van der Waals surface area contributed by atoms with E-state index in [-0.39, 0.29) is 11.4 Å². The maximum atomic E-state index is 12.9. The summed E-state index contributed by atoms with van der Waals surface area (Å²) in [5.41, 5.74) is 1.50. The van der Waals surface area contributed by atoms with Gasteiger partial charge in [-0.3, -0.25) is 9.69 Å². The van der Waals surface area contributed by atoms with Gasteiger partial charge in [-0.1, -0.05) is 12.1 Å². The van der Waals surface area contributed by atoms with Gasteiger partial charge >= 0.3 is 0 Å². The molecule has 0 spiro atoms. The predicted molar refractivity (Wildman–Crippen MR) is 103 cm³/mol. The largest absolute Gasteiger partial charge is 0.379 e. The molecule has 2 aromatic rings. The van der Waals surface area contributed by atoms with Crippen molar-refractivity contribution in [1.29, 1.82) is 0 Å². The van der Waals surface area contributed by atoms with Crippen LogP contribution >= 0.6 is 11.8 Å². The molecule has 1 amide bonds. The van der Waals surface area contributed by atoms with E-state index < -0.39 is 0 Å². The number of thioether (sulfide) groups is 1. The minimum Gasteiger partial charge on any atom is -0.379 e. The number of nitrogens with one attached hydrogen (secondary N) is 1. The van der Waals surface area contributed by atoms with Crippen molar-refractivity contribution in [2.24, 2.45) is 0 Å². The highest BCUT2D eigenvalue weighted by Crippen LogP contribution is 2.33. The average molecular weight is 372 g/mol. The third-order valence-corrected chi connectivity index (χ3v) is 6.48. The molecule has 1 N–H and O–H groups in total. The van der Waals surface area contributed by atoms with E-state index in [9.17, 15) is 4.79 Å². The first-order valence-corrected chi connectivity index (χ1v) is 10.2. The zero-order chi connectivity index (χ0) is 17.8. The van der Waals surface area contributed by atoms with Crippen LogP contribution in [0.25, 0.3) is 5.69 Å². The van der Waals surface area contributed by atoms with Gasteiger partial charge in [-0.05, 0) is 30.4 Å². The lowest BCUT2D eigenvalue weighted by atomic mass is 9.95. The summed E-state index contributed by atoms with van der Waals surface area (Å²) in [5, 5.41) is 7.47. The maximum absolute atomic E-state index is 12.9. The summed E-state index contributed by atoms with van der Waals surface area (Å²) in [6, 6.07) is 9.46. The number of hydrogen-bond donors (Lipinski definition) is 1. The van der Waals surface area contributed by atoms with E-state index in [0.29, 0.717) is 12.1 Å². The van der Waals surface area contributed by atoms with Gasteiger partial charge < -0.3 is 10.1 Å². The van der Waals surface area contributed by atoms with Crippen LogP contribution in [0, 0.1) is 0 Å². The number of ether oxygens (including phenoxy) is 1. The molecular formula is C19H24N4O2S. The van der Waals surface area contributed by atoms with E-state index in [1.54, 1.807) is 10.9 Å². The minimum atomic E-state index is -0.0411. The molecule has 1 unspecified atom stereocenters. The number of hydrogen-bond acceptors (Lipinski definition) is 5. The Balaban J connectivity index is 1.50. The fourth-order valence-electron chi connectivity index (χ4n) is 3.75.